The normalized spacial score (nSPS) is 10.4. The maximum absolute atomic E-state index is 13.5. The van der Waals surface area contributed by atoms with E-state index in [-0.39, 0.29) is 11.4 Å². The van der Waals surface area contributed by atoms with Gasteiger partial charge in [-0.2, -0.15) is 0 Å². The van der Waals surface area contributed by atoms with Crippen molar-refractivity contribution in [3.8, 4) is 0 Å². The van der Waals surface area contributed by atoms with Crippen molar-refractivity contribution in [3.05, 3.63) is 23.6 Å². The maximum atomic E-state index is 13.5. The quantitative estimate of drug-likeness (QED) is 0.801. The van der Waals surface area contributed by atoms with Crippen LogP contribution in [0.2, 0.25) is 0 Å². The molecule has 0 bridgehead atoms. The minimum Gasteiger partial charge on any atom is -0.478 e. The average Bonchev–Trinajstić information content (AvgIpc) is 2.15. The van der Waals surface area contributed by atoms with Crippen LogP contribution in [-0.2, 0) is 0 Å². The van der Waals surface area contributed by atoms with Crippen LogP contribution in [0, 0.1) is 11.7 Å². The number of anilines is 1. The Hall–Kier alpha value is -1.65. The lowest BCUT2D eigenvalue weighted by Crippen LogP contribution is -2.12. The summed E-state index contributed by atoms with van der Waals surface area (Å²) in [4.78, 5) is 14.4. The van der Waals surface area contributed by atoms with Crippen molar-refractivity contribution >= 4 is 11.8 Å². The highest BCUT2D eigenvalue weighted by atomic mass is 19.1. The number of aromatic nitrogens is 1. The first-order valence-electron chi connectivity index (χ1n) is 4.64. The highest BCUT2D eigenvalue weighted by molar-refractivity contribution is 5.88. The first-order valence-corrected chi connectivity index (χ1v) is 4.64. The molecule has 0 atom stereocenters. The zero-order valence-electron chi connectivity index (χ0n) is 8.62. The Morgan fingerprint density at radius 1 is 1.67 bits per heavy atom. The lowest BCUT2D eigenvalue weighted by molar-refractivity contribution is 0.0692. The summed E-state index contributed by atoms with van der Waals surface area (Å²) in [6.45, 7) is 4.48. The number of hydrogen-bond acceptors (Lipinski definition) is 3. The zero-order valence-corrected chi connectivity index (χ0v) is 8.62. The predicted molar refractivity (Wildman–Crippen MR) is 54.5 cm³/mol. The first kappa shape index (κ1) is 11.4. The van der Waals surface area contributed by atoms with E-state index in [1.807, 2.05) is 13.8 Å². The topological polar surface area (TPSA) is 62.2 Å². The highest BCUT2D eigenvalue weighted by Crippen LogP contribution is 2.15. The van der Waals surface area contributed by atoms with Crippen molar-refractivity contribution in [2.45, 2.75) is 13.8 Å². The lowest BCUT2D eigenvalue weighted by Gasteiger charge is -2.09. The predicted octanol–water partition coefficient (Wildman–Crippen LogP) is 1.99. The molecule has 0 amide bonds. The summed E-state index contributed by atoms with van der Waals surface area (Å²) < 4.78 is 13.5. The molecule has 0 unspecified atom stereocenters. The summed E-state index contributed by atoms with van der Waals surface area (Å²) in [5.74, 6) is -1.78. The van der Waals surface area contributed by atoms with Crippen LogP contribution in [-0.4, -0.2) is 22.6 Å². The third-order valence-corrected chi connectivity index (χ3v) is 1.80. The molecule has 1 aromatic heterocycles. The van der Waals surface area contributed by atoms with Crippen LogP contribution in [0.4, 0.5) is 10.2 Å². The van der Waals surface area contributed by atoms with Gasteiger partial charge in [0.05, 0.1) is 0 Å². The van der Waals surface area contributed by atoms with E-state index in [4.69, 9.17) is 5.11 Å². The maximum Gasteiger partial charge on any atom is 0.338 e. The van der Waals surface area contributed by atoms with Gasteiger partial charge in [-0.15, -0.1) is 0 Å². The zero-order chi connectivity index (χ0) is 11.4. The molecule has 0 saturated heterocycles. The van der Waals surface area contributed by atoms with Crippen molar-refractivity contribution in [2.75, 3.05) is 11.9 Å². The Labute approximate surface area is 87.1 Å². The fourth-order valence-electron chi connectivity index (χ4n) is 1.03. The van der Waals surface area contributed by atoms with Crippen LogP contribution in [0.1, 0.15) is 24.2 Å². The molecule has 4 nitrogen and oxygen atoms in total. The molecule has 0 aliphatic heterocycles. The molecular weight excluding hydrogens is 199 g/mol. The number of carboxylic acid groups (broad SMARTS) is 1. The number of nitrogens with one attached hydrogen (secondary N) is 1. The van der Waals surface area contributed by atoms with Crippen LogP contribution in [0.15, 0.2) is 12.3 Å². The van der Waals surface area contributed by atoms with E-state index in [9.17, 15) is 9.18 Å². The van der Waals surface area contributed by atoms with Gasteiger partial charge in [-0.05, 0) is 12.0 Å². The average molecular weight is 212 g/mol. The monoisotopic (exact) mass is 212 g/mol. The third kappa shape index (κ3) is 2.90. The molecule has 5 heteroatoms. The van der Waals surface area contributed by atoms with E-state index in [1.54, 1.807) is 0 Å². The van der Waals surface area contributed by atoms with Gasteiger partial charge in [-0.25, -0.2) is 14.2 Å². The van der Waals surface area contributed by atoms with Gasteiger partial charge >= 0.3 is 5.97 Å². The molecule has 0 spiro atoms. The molecular formula is C10H13FN2O2. The summed E-state index contributed by atoms with van der Waals surface area (Å²) in [5, 5.41) is 11.4. The van der Waals surface area contributed by atoms with E-state index in [0.29, 0.717) is 12.5 Å². The second-order valence-corrected chi connectivity index (χ2v) is 3.60. The molecule has 0 aromatic carbocycles. The van der Waals surface area contributed by atoms with Gasteiger partial charge < -0.3 is 10.4 Å². The minimum absolute atomic E-state index is 0.0106. The molecule has 0 aliphatic rings. The molecule has 15 heavy (non-hydrogen) atoms. The Morgan fingerprint density at radius 2 is 2.33 bits per heavy atom. The van der Waals surface area contributed by atoms with Gasteiger partial charge in [0, 0.05) is 12.7 Å². The van der Waals surface area contributed by atoms with E-state index in [2.05, 4.69) is 10.3 Å². The number of rotatable bonds is 4. The SMILES string of the molecule is CC(C)CNc1nccc(C(=O)O)c1F. The highest BCUT2D eigenvalue weighted by Gasteiger charge is 2.14. The van der Waals surface area contributed by atoms with Crippen molar-refractivity contribution < 1.29 is 14.3 Å². The Bertz CT molecular complexity index is 366. The second kappa shape index (κ2) is 4.72. The summed E-state index contributed by atoms with van der Waals surface area (Å²) in [5.41, 5.74) is -0.365. The van der Waals surface area contributed by atoms with Crippen molar-refractivity contribution in [2.24, 2.45) is 5.92 Å². The number of nitrogens with zero attached hydrogens (tertiary/aromatic N) is 1. The molecule has 0 radical (unpaired) electrons. The Kier molecular flexibility index (Phi) is 3.60. The molecule has 0 saturated carbocycles. The number of carbonyl (C=O) groups is 1. The van der Waals surface area contributed by atoms with Gasteiger partial charge in [0.2, 0.25) is 0 Å². The largest absolute Gasteiger partial charge is 0.478 e. The van der Waals surface area contributed by atoms with E-state index in [0.717, 1.165) is 6.07 Å². The van der Waals surface area contributed by atoms with E-state index in [1.165, 1.54) is 6.20 Å². The van der Waals surface area contributed by atoms with Crippen molar-refractivity contribution in [1.82, 2.24) is 4.98 Å². The van der Waals surface area contributed by atoms with Gasteiger partial charge in [-0.1, -0.05) is 13.8 Å². The smallest absolute Gasteiger partial charge is 0.338 e. The van der Waals surface area contributed by atoms with Gasteiger partial charge in [0.25, 0.3) is 0 Å². The van der Waals surface area contributed by atoms with E-state index >= 15 is 0 Å². The number of halogens is 1. The summed E-state index contributed by atoms with van der Waals surface area (Å²) in [7, 11) is 0. The van der Waals surface area contributed by atoms with Crippen molar-refractivity contribution in [1.29, 1.82) is 0 Å². The van der Waals surface area contributed by atoms with E-state index < -0.39 is 11.8 Å². The van der Waals surface area contributed by atoms with Crippen LogP contribution >= 0.6 is 0 Å². The summed E-state index contributed by atoms with van der Waals surface area (Å²) in [6, 6.07) is 1.14. The lowest BCUT2D eigenvalue weighted by atomic mass is 10.2. The second-order valence-electron chi connectivity index (χ2n) is 3.60. The van der Waals surface area contributed by atoms with Crippen LogP contribution < -0.4 is 5.32 Å². The van der Waals surface area contributed by atoms with Gasteiger partial charge in [0.1, 0.15) is 5.56 Å². The molecule has 82 valence electrons. The Balaban J connectivity index is 2.89. The summed E-state index contributed by atoms with van der Waals surface area (Å²) in [6.07, 6.45) is 1.27. The fraction of sp³-hybridized carbons (Fsp3) is 0.400. The molecule has 0 fully saturated rings. The van der Waals surface area contributed by atoms with Crippen LogP contribution in [0.3, 0.4) is 0 Å². The number of pyridine rings is 1. The standard InChI is InChI=1S/C10H13FN2O2/c1-6(2)5-13-9-8(11)7(10(14)15)3-4-12-9/h3-4,6H,5H2,1-2H3,(H,12,13)(H,14,15). The summed E-state index contributed by atoms with van der Waals surface area (Å²) >= 11 is 0. The Morgan fingerprint density at radius 3 is 2.87 bits per heavy atom. The van der Waals surface area contributed by atoms with Crippen molar-refractivity contribution in [3.63, 3.8) is 0 Å². The number of hydrogen-bond donors (Lipinski definition) is 2. The molecule has 2 N–H and O–H groups in total. The first-order chi connectivity index (χ1) is 7.02. The van der Waals surface area contributed by atoms with Gasteiger partial charge in [-0.3, -0.25) is 0 Å². The molecule has 0 aliphatic carbocycles. The minimum atomic E-state index is -1.29. The number of carboxylic acids is 1. The molecule has 1 aromatic rings. The third-order valence-electron chi connectivity index (χ3n) is 1.80. The number of aromatic carboxylic acids is 1. The van der Waals surface area contributed by atoms with Gasteiger partial charge in [0.15, 0.2) is 11.6 Å². The molecule has 1 heterocycles. The van der Waals surface area contributed by atoms with Crippen LogP contribution in [0.25, 0.3) is 0 Å². The fourth-order valence-corrected chi connectivity index (χ4v) is 1.03. The molecule has 1 rings (SSSR count). The van der Waals surface area contributed by atoms with Crippen LogP contribution in [0.5, 0.6) is 0 Å².